The number of nitro benzene ring substituents is 1. The Balaban J connectivity index is 1.76. The van der Waals surface area contributed by atoms with E-state index in [1.807, 2.05) is 11.0 Å². The van der Waals surface area contributed by atoms with Gasteiger partial charge in [-0.15, -0.1) is 10.2 Å². The number of phenols is 1. The fourth-order valence-corrected chi connectivity index (χ4v) is 3.97. The molecule has 4 rings (SSSR count). The van der Waals surface area contributed by atoms with Crippen molar-refractivity contribution in [2.24, 2.45) is 10.2 Å². The predicted molar refractivity (Wildman–Crippen MR) is 125 cm³/mol. The molecule has 0 amide bonds. The number of carbonyl (C=O) groups excluding carboxylic acids is 2. The molecule has 0 radical (unpaired) electrons. The van der Waals surface area contributed by atoms with Gasteiger partial charge in [0, 0.05) is 42.6 Å². The van der Waals surface area contributed by atoms with Crippen LogP contribution in [0, 0.1) is 21.4 Å². The van der Waals surface area contributed by atoms with Crippen molar-refractivity contribution >= 4 is 45.3 Å². The first kappa shape index (κ1) is 23.3. The highest BCUT2D eigenvalue weighted by Gasteiger charge is 2.26. The average molecular weight is 473 g/mol. The summed E-state index contributed by atoms with van der Waals surface area (Å²) in [6.07, 6.45) is 0.345. The largest absolute Gasteiger partial charge is 0.506 e. The van der Waals surface area contributed by atoms with Crippen molar-refractivity contribution in [3.8, 4) is 11.8 Å². The molecule has 0 fully saturated rings. The average Bonchev–Trinajstić information content (AvgIpc) is 2.86. The third kappa shape index (κ3) is 4.49. The Morgan fingerprint density at radius 1 is 1.26 bits per heavy atom. The number of ether oxygens (including phenoxy) is 1. The first-order chi connectivity index (χ1) is 16.8. The topological polar surface area (TPSA) is 158 Å². The highest BCUT2D eigenvalue weighted by Crippen LogP contribution is 2.41. The van der Waals surface area contributed by atoms with Gasteiger partial charge in [0.15, 0.2) is 5.78 Å². The SMILES string of the molecule is COC(=O)CCN1CCC(=O)c2cc(N=Nc3c(C#N)cc([N+](=O)[O-])c4ccccc34)c(O)cc21. The van der Waals surface area contributed by atoms with Crippen molar-refractivity contribution < 1.29 is 24.4 Å². The fraction of sp³-hybridized carbons (Fsp3) is 0.208. The smallest absolute Gasteiger partial charge is 0.307 e. The fourth-order valence-electron chi connectivity index (χ4n) is 3.97. The van der Waals surface area contributed by atoms with Crippen molar-refractivity contribution in [2.75, 3.05) is 25.1 Å². The number of rotatable bonds is 6. The number of nitriles is 1. The molecular weight excluding hydrogens is 454 g/mol. The summed E-state index contributed by atoms with van der Waals surface area (Å²) >= 11 is 0. The van der Waals surface area contributed by atoms with Crippen LogP contribution >= 0.6 is 0 Å². The lowest BCUT2D eigenvalue weighted by Crippen LogP contribution is -2.33. The van der Waals surface area contributed by atoms with E-state index < -0.39 is 4.92 Å². The standard InChI is InChI=1S/C24H19N5O6/c1-35-23(32)7-9-28-8-6-21(30)17-11-18(22(31)12-19(17)28)26-27-24-14(13-25)10-20(29(33)34)15-4-2-3-5-16(15)24/h2-5,10-12,31H,6-9H2,1H3. The molecule has 11 heteroatoms. The minimum atomic E-state index is -0.572. The van der Waals surface area contributed by atoms with Gasteiger partial charge in [-0.25, -0.2) is 0 Å². The normalized spacial score (nSPS) is 13.0. The van der Waals surface area contributed by atoms with Gasteiger partial charge in [0.1, 0.15) is 23.2 Å². The van der Waals surface area contributed by atoms with Gasteiger partial charge in [0.25, 0.3) is 5.69 Å². The predicted octanol–water partition coefficient (Wildman–Crippen LogP) is 4.70. The summed E-state index contributed by atoms with van der Waals surface area (Å²) in [5.41, 5.74) is 0.615. The van der Waals surface area contributed by atoms with E-state index in [9.17, 15) is 30.1 Å². The zero-order valence-electron chi connectivity index (χ0n) is 18.6. The number of hydrogen-bond acceptors (Lipinski definition) is 10. The van der Waals surface area contributed by atoms with Crippen LogP contribution in [0.1, 0.15) is 28.8 Å². The van der Waals surface area contributed by atoms with Crippen LogP contribution in [0.25, 0.3) is 10.8 Å². The zero-order chi connectivity index (χ0) is 25.1. The summed E-state index contributed by atoms with van der Waals surface area (Å²) in [5, 5.41) is 40.5. The molecule has 1 aliphatic heterocycles. The number of aromatic hydroxyl groups is 1. The van der Waals surface area contributed by atoms with Gasteiger partial charge in [-0.1, -0.05) is 18.2 Å². The lowest BCUT2D eigenvalue weighted by molar-refractivity contribution is -0.383. The minimum absolute atomic E-state index is 0.00163. The number of hydrogen-bond donors (Lipinski definition) is 1. The van der Waals surface area contributed by atoms with Gasteiger partial charge in [0.2, 0.25) is 0 Å². The number of carbonyl (C=O) groups is 2. The van der Waals surface area contributed by atoms with Crippen molar-refractivity contribution in [1.82, 2.24) is 0 Å². The first-order valence-electron chi connectivity index (χ1n) is 10.6. The van der Waals surface area contributed by atoms with Crippen LogP contribution in [0.3, 0.4) is 0 Å². The van der Waals surface area contributed by atoms with E-state index in [0.717, 1.165) is 6.07 Å². The number of benzene rings is 3. The van der Waals surface area contributed by atoms with E-state index in [1.54, 1.807) is 24.3 Å². The summed E-state index contributed by atoms with van der Waals surface area (Å²) in [4.78, 5) is 36.8. The molecule has 0 unspecified atom stereocenters. The highest BCUT2D eigenvalue weighted by atomic mass is 16.6. The van der Waals surface area contributed by atoms with E-state index in [2.05, 4.69) is 15.0 Å². The Hall–Kier alpha value is -4.85. The third-order valence-electron chi connectivity index (χ3n) is 5.73. The number of fused-ring (bicyclic) bond motifs is 2. The number of esters is 1. The summed E-state index contributed by atoms with van der Waals surface area (Å²) in [7, 11) is 1.30. The Kier molecular flexibility index (Phi) is 6.37. The number of anilines is 1. The molecule has 176 valence electrons. The number of nitro groups is 1. The Labute approximate surface area is 199 Å². The maximum absolute atomic E-state index is 12.6. The van der Waals surface area contributed by atoms with E-state index in [1.165, 1.54) is 19.2 Å². The molecule has 1 aliphatic rings. The molecule has 11 nitrogen and oxygen atoms in total. The molecule has 0 atom stereocenters. The second-order valence-electron chi connectivity index (χ2n) is 7.75. The van der Waals surface area contributed by atoms with E-state index in [0.29, 0.717) is 29.7 Å². The van der Waals surface area contributed by atoms with Gasteiger partial charge < -0.3 is 14.7 Å². The van der Waals surface area contributed by atoms with Gasteiger partial charge in [-0.2, -0.15) is 5.26 Å². The summed E-state index contributed by atoms with van der Waals surface area (Å²) < 4.78 is 4.67. The van der Waals surface area contributed by atoms with E-state index in [4.69, 9.17) is 0 Å². The summed E-state index contributed by atoms with van der Waals surface area (Å²) in [6, 6.07) is 12.3. The van der Waals surface area contributed by atoms with Crippen LogP contribution in [-0.2, 0) is 9.53 Å². The molecule has 0 saturated heterocycles. The summed E-state index contributed by atoms with van der Waals surface area (Å²) in [6.45, 7) is 0.705. The van der Waals surface area contributed by atoms with Crippen LogP contribution in [-0.4, -0.2) is 42.0 Å². The maximum Gasteiger partial charge on any atom is 0.307 e. The van der Waals surface area contributed by atoms with Crippen LogP contribution in [0.2, 0.25) is 0 Å². The van der Waals surface area contributed by atoms with E-state index >= 15 is 0 Å². The Morgan fingerprint density at radius 2 is 2.00 bits per heavy atom. The second kappa shape index (κ2) is 9.56. The number of azo groups is 1. The molecule has 35 heavy (non-hydrogen) atoms. The number of non-ortho nitro benzene ring substituents is 1. The number of phenolic OH excluding ortho intramolecular Hbond substituents is 1. The summed E-state index contributed by atoms with van der Waals surface area (Å²) in [5.74, 6) is -0.791. The van der Waals surface area contributed by atoms with Gasteiger partial charge >= 0.3 is 5.97 Å². The van der Waals surface area contributed by atoms with Crippen molar-refractivity contribution in [1.29, 1.82) is 5.26 Å². The lowest BCUT2D eigenvalue weighted by Gasteiger charge is -2.30. The molecule has 0 aromatic heterocycles. The lowest BCUT2D eigenvalue weighted by atomic mass is 9.99. The molecule has 0 aliphatic carbocycles. The van der Waals surface area contributed by atoms with Crippen LogP contribution in [0.15, 0.2) is 52.7 Å². The van der Waals surface area contributed by atoms with Gasteiger partial charge in [-0.3, -0.25) is 19.7 Å². The maximum atomic E-state index is 12.6. The van der Waals surface area contributed by atoms with Crippen molar-refractivity contribution in [3.05, 3.63) is 63.7 Å². The van der Waals surface area contributed by atoms with Crippen LogP contribution in [0.4, 0.5) is 22.7 Å². The quantitative estimate of drug-likeness (QED) is 0.233. The third-order valence-corrected chi connectivity index (χ3v) is 5.73. The molecule has 3 aromatic carbocycles. The molecule has 1 N–H and O–H groups in total. The minimum Gasteiger partial charge on any atom is -0.506 e. The number of ketones is 1. The molecule has 0 spiro atoms. The van der Waals surface area contributed by atoms with Gasteiger partial charge in [-0.05, 0) is 12.1 Å². The van der Waals surface area contributed by atoms with E-state index in [-0.39, 0.29) is 58.4 Å². The zero-order valence-corrected chi connectivity index (χ0v) is 18.6. The number of methoxy groups -OCH3 is 1. The first-order valence-corrected chi connectivity index (χ1v) is 10.6. The number of Topliss-reactive ketones (excluding diaryl/α,β-unsaturated/α-hetero) is 1. The molecule has 3 aromatic rings. The van der Waals surface area contributed by atoms with Crippen molar-refractivity contribution in [3.63, 3.8) is 0 Å². The molecule has 0 bridgehead atoms. The number of nitrogens with zero attached hydrogens (tertiary/aromatic N) is 5. The highest BCUT2D eigenvalue weighted by molar-refractivity contribution is 6.05. The monoisotopic (exact) mass is 473 g/mol. The van der Waals surface area contributed by atoms with Crippen LogP contribution < -0.4 is 4.90 Å². The molecule has 1 heterocycles. The Bertz CT molecular complexity index is 1440. The van der Waals surface area contributed by atoms with Crippen LogP contribution in [0.5, 0.6) is 5.75 Å². The van der Waals surface area contributed by atoms with Gasteiger partial charge in [0.05, 0.1) is 35.1 Å². The molecule has 0 saturated carbocycles. The molecular formula is C24H19N5O6. The van der Waals surface area contributed by atoms with Crippen molar-refractivity contribution in [2.45, 2.75) is 12.8 Å². The Morgan fingerprint density at radius 3 is 2.69 bits per heavy atom. The second-order valence-corrected chi connectivity index (χ2v) is 7.75.